The van der Waals surface area contributed by atoms with Gasteiger partial charge in [-0.05, 0) is 38.7 Å². The maximum absolute atomic E-state index is 10.3. The van der Waals surface area contributed by atoms with Crippen LogP contribution >= 0.6 is 11.3 Å². The number of fused-ring (bicyclic) bond motifs is 1. The monoisotopic (exact) mass is 319 g/mol. The molecule has 0 radical (unpaired) electrons. The number of piperidine rings is 1. The van der Waals surface area contributed by atoms with Crippen molar-refractivity contribution >= 4 is 27.4 Å². The number of aliphatic hydroxyl groups excluding tert-OH is 1. The second kappa shape index (κ2) is 5.44. The molecule has 6 heteroatoms. The zero-order valence-corrected chi connectivity index (χ0v) is 13.6. The van der Waals surface area contributed by atoms with Gasteiger partial charge in [0, 0.05) is 24.6 Å². The fourth-order valence-corrected chi connectivity index (χ4v) is 4.54. The summed E-state index contributed by atoms with van der Waals surface area (Å²) in [4.78, 5) is 13.5. The molecule has 2 saturated heterocycles. The Hall–Kier alpha value is -1.24. The molecule has 4 heterocycles. The van der Waals surface area contributed by atoms with Crippen molar-refractivity contribution in [3.63, 3.8) is 0 Å². The third-order valence-corrected chi connectivity index (χ3v) is 5.92. The van der Waals surface area contributed by atoms with Crippen molar-refractivity contribution < 1.29 is 9.84 Å². The van der Waals surface area contributed by atoms with E-state index in [0.717, 1.165) is 61.4 Å². The third-order valence-electron chi connectivity index (χ3n) is 4.96. The van der Waals surface area contributed by atoms with Gasteiger partial charge >= 0.3 is 0 Å². The number of rotatable bonds is 1. The molecule has 1 spiro atoms. The Balaban J connectivity index is 1.58. The zero-order valence-electron chi connectivity index (χ0n) is 12.8. The van der Waals surface area contributed by atoms with Gasteiger partial charge in [-0.15, -0.1) is 11.3 Å². The molecule has 0 saturated carbocycles. The minimum absolute atomic E-state index is 0.322. The van der Waals surface area contributed by atoms with Gasteiger partial charge in [-0.25, -0.2) is 9.97 Å². The highest BCUT2D eigenvalue weighted by molar-refractivity contribution is 7.18. The number of aryl methyl sites for hydroxylation is 1. The smallest absolute Gasteiger partial charge is 0.140 e. The van der Waals surface area contributed by atoms with Crippen LogP contribution in [0, 0.1) is 6.92 Å². The highest BCUT2D eigenvalue weighted by Gasteiger charge is 2.44. The third kappa shape index (κ3) is 2.30. The van der Waals surface area contributed by atoms with E-state index >= 15 is 0 Å². The summed E-state index contributed by atoms with van der Waals surface area (Å²) in [5, 5.41) is 11.5. The maximum atomic E-state index is 10.3. The van der Waals surface area contributed by atoms with E-state index in [1.54, 1.807) is 17.7 Å². The van der Waals surface area contributed by atoms with E-state index in [4.69, 9.17) is 4.74 Å². The number of anilines is 1. The topological polar surface area (TPSA) is 58.5 Å². The van der Waals surface area contributed by atoms with Crippen LogP contribution in [0.4, 0.5) is 5.82 Å². The summed E-state index contributed by atoms with van der Waals surface area (Å²) < 4.78 is 5.99. The summed E-state index contributed by atoms with van der Waals surface area (Å²) in [7, 11) is 0. The van der Waals surface area contributed by atoms with Crippen molar-refractivity contribution in [1.82, 2.24) is 9.97 Å². The molecule has 1 atom stereocenters. The molecule has 0 aliphatic carbocycles. The quantitative estimate of drug-likeness (QED) is 0.875. The van der Waals surface area contributed by atoms with Crippen molar-refractivity contribution in [1.29, 1.82) is 0 Å². The standard InChI is InChI=1S/C16H21N3O2S/c1-11-9-12-14(17-10-18-15(12)22-11)19-6-4-16(5-7-19)13(20)3-2-8-21-16/h9-10,13,20H,2-8H2,1H3/t13-/m1/s1. The van der Waals surface area contributed by atoms with E-state index in [-0.39, 0.29) is 11.7 Å². The number of hydrogen-bond donors (Lipinski definition) is 1. The Bertz CT molecular complexity index is 679. The van der Waals surface area contributed by atoms with Gasteiger partial charge in [0.2, 0.25) is 0 Å². The fraction of sp³-hybridized carbons (Fsp3) is 0.625. The van der Waals surface area contributed by atoms with E-state index in [9.17, 15) is 5.11 Å². The minimum Gasteiger partial charge on any atom is -0.390 e. The number of aromatic nitrogens is 2. The molecule has 0 aromatic carbocycles. The largest absolute Gasteiger partial charge is 0.390 e. The first-order valence-corrected chi connectivity index (χ1v) is 8.78. The zero-order chi connectivity index (χ0) is 15.2. The summed E-state index contributed by atoms with van der Waals surface area (Å²) in [5.74, 6) is 1.02. The summed E-state index contributed by atoms with van der Waals surface area (Å²) in [5.41, 5.74) is -0.328. The molecule has 0 amide bonds. The average Bonchev–Trinajstić information content (AvgIpc) is 2.91. The molecule has 4 rings (SSSR count). The number of ether oxygens (including phenoxy) is 1. The van der Waals surface area contributed by atoms with Crippen LogP contribution in [-0.2, 0) is 4.74 Å². The summed E-state index contributed by atoms with van der Waals surface area (Å²) in [6.07, 6.45) is 4.89. The van der Waals surface area contributed by atoms with E-state index in [0.29, 0.717) is 0 Å². The normalized spacial score (nSPS) is 25.0. The second-order valence-electron chi connectivity index (χ2n) is 6.33. The second-order valence-corrected chi connectivity index (χ2v) is 7.57. The van der Waals surface area contributed by atoms with Crippen LogP contribution < -0.4 is 4.90 Å². The van der Waals surface area contributed by atoms with Gasteiger partial charge < -0.3 is 14.7 Å². The average molecular weight is 319 g/mol. The highest BCUT2D eigenvalue weighted by atomic mass is 32.1. The van der Waals surface area contributed by atoms with Gasteiger partial charge in [0.05, 0.1) is 17.1 Å². The van der Waals surface area contributed by atoms with Crippen LogP contribution in [0.5, 0.6) is 0 Å². The SMILES string of the molecule is Cc1cc2c(N3CCC4(CC3)OCCC[C@H]4O)ncnc2s1. The van der Waals surface area contributed by atoms with Crippen LogP contribution in [0.1, 0.15) is 30.6 Å². The van der Waals surface area contributed by atoms with Crippen LogP contribution in [-0.4, -0.2) is 46.5 Å². The van der Waals surface area contributed by atoms with E-state index < -0.39 is 0 Å². The maximum Gasteiger partial charge on any atom is 0.140 e. The first kappa shape index (κ1) is 14.4. The molecule has 118 valence electrons. The van der Waals surface area contributed by atoms with Crippen LogP contribution in [0.3, 0.4) is 0 Å². The molecule has 2 aliphatic rings. The fourth-order valence-electron chi connectivity index (χ4n) is 3.70. The lowest BCUT2D eigenvalue weighted by atomic mass is 9.82. The van der Waals surface area contributed by atoms with Gasteiger partial charge in [-0.3, -0.25) is 0 Å². The van der Waals surface area contributed by atoms with Crippen LogP contribution in [0.15, 0.2) is 12.4 Å². The van der Waals surface area contributed by atoms with Gasteiger partial charge in [-0.2, -0.15) is 0 Å². The lowest BCUT2D eigenvalue weighted by molar-refractivity contribution is -0.164. The van der Waals surface area contributed by atoms with Crippen LogP contribution in [0.2, 0.25) is 0 Å². The molecule has 0 bridgehead atoms. The van der Waals surface area contributed by atoms with Crippen molar-refractivity contribution in [2.45, 2.75) is 44.3 Å². The van der Waals surface area contributed by atoms with Gasteiger partial charge in [-0.1, -0.05) is 0 Å². The molecule has 1 N–H and O–H groups in total. The highest BCUT2D eigenvalue weighted by Crippen LogP contribution is 2.38. The van der Waals surface area contributed by atoms with Crippen molar-refractivity contribution in [3.8, 4) is 0 Å². The lowest BCUT2D eigenvalue weighted by Crippen LogP contribution is -2.55. The number of hydrogen-bond acceptors (Lipinski definition) is 6. The Labute approximate surface area is 133 Å². The predicted octanol–water partition coefficient (Wildman–Crippen LogP) is 2.51. The number of thiophene rings is 1. The first-order valence-electron chi connectivity index (χ1n) is 7.96. The van der Waals surface area contributed by atoms with Crippen molar-refractivity contribution in [3.05, 3.63) is 17.3 Å². The molecule has 2 aliphatic heterocycles. The van der Waals surface area contributed by atoms with Gasteiger partial charge in [0.1, 0.15) is 17.0 Å². The molecule has 0 unspecified atom stereocenters. The van der Waals surface area contributed by atoms with E-state index in [1.807, 2.05) is 0 Å². The van der Waals surface area contributed by atoms with Crippen molar-refractivity contribution in [2.24, 2.45) is 0 Å². The lowest BCUT2D eigenvalue weighted by Gasteiger charge is -2.47. The summed E-state index contributed by atoms with van der Waals surface area (Å²) in [6, 6.07) is 2.17. The van der Waals surface area contributed by atoms with Gasteiger partial charge in [0.25, 0.3) is 0 Å². The predicted molar refractivity (Wildman–Crippen MR) is 87.5 cm³/mol. The molecule has 2 aromatic rings. The van der Waals surface area contributed by atoms with Gasteiger partial charge in [0.15, 0.2) is 0 Å². The Morgan fingerprint density at radius 1 is 1.36 bits per heavy atom. The molecular weight excluding hydrogens is 298 g/mol. The molecule has 2 fully saturated rings. The Kier molecular flexibility index (Phi) is 3.55. The summed E-state index contributed by atoms with van der Waals surface area (Å²) >= 11 is 1.71. The molecular formula is C16H21N3O2S. The Morgan fingerprint density at radius 3 is 2.95 bits per heavy atom. The first-order chi connectivity index (χ1) is 10.7. The van der Waals surface area contributed by atoms with E-state index in [1.165, 1.54) is 4.88 Å². The number of nitrogens with zero attached hydrogens (tertiary/aromatic N) is 3. The van der Waals surface area contributed by atoms with Crippen molar-refractivity contribution in [2.75, 3.05) is 24.6 Å². The summed E-state index contributed by atoms with van der Waals surface area (Å²) in [6.45, 7) is 4.63. The van der Waals surface area contributed by atoms with Crippen LogP contribution in [0.25, 0.3) is 10.2 Å². The molecule has 5 nitrogen and oxygen atoms in total. The van der Waals surface area contributed by atoms with E-state index in [2.05, 4.69) is 27.9 Å². The Morgan fingerprint density at radius 2 is 2.18 bits per heavy atom. The molecule has 2 aromatic heterocycles. The minimum atomic E-state index is -0.328. The number of aliphatic hydroxyl groups is 1. The molecule has 22 heavy (non-hydrogen) atoms.